The smallest absolute Gasteiger partial charge is 0.337 e. The van der Waals surface area contributed by atoms with Crippen LogP contribution in [0.3, 0.4) is 0 Å². The Kier molecular flexibility index (Phi) is 18.0. The summed E-state index contributed by atoms with van der Waals surface area (Å²) in [6.07, 6.45) is 5.53. The van der Waals surface area contributed by atoms with Gasteiger partial charge in [0.05, 0.1) is 44.0 Å². The number of hydrogen-bond acceptors (Lipinski definition) is 14. The fraction of sp³-hybridized carbons (Fsp3) is 0.312. The van der Waals surface area contributed by atoms with Gasteiger partial charge in [0.25, 0.3) is 0 Å². The zero-order chi connectivity index (χ0) is 59.7. The summed E-state index contributed by atoms with van der Waals surface area (Å²) in [5, 5.41) is 44.5. The number of carboxylic acids is 2. The number of para-hydroxylation sites is 2. The summed E-state index contributed by atoms with van der Waals surface area (Å²) in [5.41, 5.74) is 9.35. The monoisotopic (exact) mass is 1130 g/mol. The van der Waals surface area contributed by atoms with E-state index in [4.69, 9.17) is 19.4 Å². The summed E-state index contributed by atoms with van der Waals surface area (Å²) in [7, 11) is 0. The van der Waals surface area contributed by atoms with Crippen LogP contribution < -0.4 is 0 Å². The maximum absolute atomic E-state index is 12.3. The Bertz CT molecular complexity index is 3980. The van der Waals surface area contributed by atoms with Gasteiger partial charge in [-0.15, -0.1) is 20.1 Å². The largest absolute Gasteiger partial charge is 0.478 e. The highest BCUT2D eigenvalue weighted by Gasteiger charge is 2.26. The minimum atomic E-state index is -0.966. The Hall–Kier alpha value is -9.72. The van der Waals surface area contributed by atoms with Crippen molar-refractivity contribution in [3.8, 4) is 45.0 Å². The summed E-state index contributed by atoms with van der Waals surface area (Å²) in [6.45, 7) is 15.8. The molecule has 10 rings (SSSR count). The Labute approximate surface area is 486 Å². The maximum atomic E-state index is 12.3. The second kappa shape index (κ2) is 25.6. The SMILES string of the molecule is CCCCc1nc2cccc(C(=O)O)c2n1Cc1ccc(-c2ccccc2-c2nnn(COC(=O)C(C)(C)C)n2)cc1.CCCCc1nc2cccc(C(=O)O)c2n1Cc1ccc(-c2ccccc2-c2nnnn2COC(=O)C(C)(C)C)cc1. The number of aryl methyl sites for hydroxylation is 2. The van der Waals surface area contributed by atoms with Crippen LogP contribution in [-0.2, 0) is 58.5 Å². The highest BCUT2D eigenvalue weighted by Crippen LogP contribution is 2.34. The van der Waals surface area contributed by atoms with E-state index in [1.54, 1.807) is 65.8 Å². The lowest BCUT2D eigenvalue weighted by Gasteiger charge is -2.17. The summed E-state index contributed by atoms with van der Waals surface area (Å²) < 4.78 is 16.3. The fourth-order valence-corrected chi connectivity index (χ4v) is 9.57. The third kappa shape index (κ3) is 13.4. The van der Waals surface area contributed by atoms with Crippen LogP contribution in [0.15, 0.2) is 133 Å². The third-order valence-corrected chi connectivity index (χ3v) is 14.0. The number of imidazole rings is 2. The fourth-order valence-electron chi connectivity index (χ4n) is 9.57. The number of carbonyl (C=O) groups is 4. The lowest BCUT2D eigenvalue weighted by molar-refractivity contribution is -0.158. The number of aromatic carboxylic acids is 2. The number of rotatable bonds is 20. The van der Waals surface area contributed by atoms with Crippen LogP contribution in [0.4, 0.5) is 0 Å². The highest BCUT2D eigenvalue weighted by molar-refractivity contribution is 6.02. The van der Waals surface area contributed by atoms with Gasteiger partial charge in [0.2, 0.25) is 12.6 Å². The van der Waals surface area contributed by atoms with Crippen LogP contribution in [0.2, 0.25) is 0 Å². The number of esters is 2. The molecule has 0 aliphatic heterocycles. The molecule has 0 amide bonds. The Balaban J connectivity index is 0.000000202. The topological polar surface area (TPSA) is 250 Å². The molecule has 0 atom stereocenters. The number of fused-ring (bicyclic) bond motifs is 2. The molecule has 0 unspecified atom stereocenters. The van der Waals surface area contributed by atoms with Crippen molar-refractivity contribution in [1.82, 2.24) is 59.5 Å². The van der Waals surface area contributed by atoms with Crippen LogP contribution >= 0.6 is 0 Å². The number of carboxylic acid groups (broad SMARTS) is 2. The van der Waals surface area contributed by atoms with E-state index in [-0.39, 0.29) is 36.5 Å². The number of nitrogens with zero attached hydrogens (tertiary/aromatic N) is 12. The van der Waals surface area contributed by atoms with Gasteiger partial charge in [0.1, 0.15) is 11.6 Å². The Morgan fingerprint density at radius 2 is 0.964 bits per heavy atom. The minimum Gasteiger partial charge on any atom is -0.478 e. The zero-order valence-corrected chi connectivity index (χ0v) is 48.5. The number of unbranched alkanes of at least 4 members (excludes halogenated alkanes) is 2. The van der Waals surface area contributed by atoms with E-state index in [0.29, 0.717) is 46.8 Å². The lowest BCUT2D eigenvalue weighted by Crippen LogP contribution is -2.24. The Morgan fingerprint density at radius 1 is 0.512 bits per heavy atom. The van der Waals surface area contributed by atoms with E-state index < -0.39 is 22.8 Å². The quantitative estimate of drug-likeness (QED) is 0.0673. The molecule has 6 aromatic carbocycles. The van der Waals surface area contributed by atoms with Gasteiger partial charge in [-0.3, -0.25) is 9.59 Å². The van der Waals surface area contributed by atoms with Crippen LogP contribution in [0.25, 0.3) is 67.1 Å². The van der Waals surface area contributed by atoms with Crippen molar-refractivity contribution in [3.05, 3.63) is 167 Å². The molecule has 84 heavy (non-hydrogen) atoms. The second-order valence-corrected chi connectivity index (χ2v) is 22.5. The molecule has 0 saturated heterocycles. The van der Waals surface area contributed by atoms with Crippen molar-refractivity contribution >= 4 is 45.9 Å². The van der Waals surface area contributed by atoms with E-state index in [1.807, 2.05) is 118 Å². The molecule has 0 bridgehead atoms. The number of hydrogen-bond donors (Lipinski definition) is 2. The maximum Gasteiger partial charge on any atom is 0.337 e. The molecule has 0 aliphatic carbocycles. The first kappa shape index (κ1) is 58.9. The van der Waals surface area contributed by atoms with Gasteiger partial charge in [0, 0.05) is 37.1 Å². The number of ether oxygens (including phenoxy) is 2. The van der Waals surface area contributed by atoms with Gasteiger partial charge in [-0.2, -0.15) is 4.68 Å². The van der Waals surface area contributed by atoms with Gasteiger partial charge in [-0.25, -0.2) is 19.6 Å². The van der Waals surface area contributed by atoms with Gasteiger partial charge in [-0.1, -0.05) is 136 Å². The van der Waals surface area contributed by atoms with Gasteiger partial charge >= 0.3 is 23.9 Å². The first-order chi connectivity index (χ1) is 40.3. The zero-order valence-electron chi connectivity index (χ0n) is 48.5. The third-order valence-electron chi connectivity index (χ3n) is 14.0. The summed E-state index contributed by atoms with van der Waals surface area (Å²) in [6, 6.07) is 42.4. The number of tetrazole rings is 2. The summed E-state index contributed by atoms with van der Waals surface area (Å²) in [4.78, 5) is 59.3. The van der Waals surface area contributed by atoms with Gasteiger partial charge < -0.3 is 28.8 Å². The molecule has 4 aromatic heterocycles. The summed E-state index contributed by atoms with van der Waals surface area (Å²) >= 11 is 0. The molecule has 0 aliphatic rings. The molecular weight excluding hydrogens is 1060 g/mol. The van der Waals surface area contributed by atoms with Crippen molar-refractivity contribution in [2.75, 3.05) is 0 Å². The number of carbonyl (C=O) groups excluding carboxylic acids is 2. The first-order valence-electron chi connectivity index (χ1n) is 28.0. The average molecular weight is 1130 g/mol. The second-order valence-electron chi connectivity index (χ2n) is 22.5. The van der Waals surface area contributed by atoms with Crippen molar-refractivity contribution < 1.29 is 38.9 Å². The van der Waals surface area contributed by atoms with Crippen LogP contribution in [0.1, 0.15) is 125 Å². The first-order valence-corrected chi connectivity index (χ1v) is 28.0. The Morgan fingerprint density at radius 3 is 1.43 bits per heavy atom. The van der Waals surface area contributed by atoms with Crippen LogP contribution in [0, 0.1) is 10.8 Å². The van der Waals surface area contributed by atoms with E-state index in [2.05, 4.69) is 44.8 Å². The molecule has 20 nitrogen and oxygen atoms in total. The normalized spacial score (nSPS) is 11.6. The van der Waals surface area contributed by atoms with Crippen molar-refractivity contribution in [2.24, 2.45) is 10.8 Å². The van der Waals surface area contributed by atoms with Crippen molar-refractivity contribution in [2.45, 2.75) is 120 Å². The van der Waals surface area contributed by atoms with E-state index in [1.165, 1.54) is 9.48 Å². The van der Waals surface area contributed by atoms with Crippen LogP contribution in [0.5, 0.6) is 0 Å². The molecule has 4 heterocycles. The number of benzene rings is 6. The number of aromatic nitrogens is 12. The molecule has 0 radical (unpaired) electrons. The van der Waals surface area contributed by atoms with Gasteiger partial charge in [0.15, 0.2) is 12.6 Å². The molecule has 2 N–H and O–H groups in total. The van der Waals surface area contributed by atoms with E-state index >= 15 is 0 Å². The van der Waals surface area contributed by atoms with Crippen molar-refractivity contribution in [1.29, 1.82) is 0 Å². The molecule has 20 heteroatoms. The minimum absolute atomic E-state index is 0.0940. The predicted molar refractivity (Wildman–Crippen MR) is 317 cm³/mol. The van der Waals surface area contributed by atoms with E-state index in [9.17, 15) is 29.4 Å². The molecule has 10 aromatic rings. The molecule has 0 spiro atoms. The van der Waals surface area contributed by atoms with Crippen molar-refractivity contribution in [3.63, 3.8) is 0 Å². The van der Waals surface area contributed by atoms with Gasteiger partial charge in [-0.05, 0) is 128 Å². The molecule has 432 valence electrons. The predicted octanol–water partition coefficient (Wildman–Crippen LogP) is 12.0. The molecule has 0 saturated carbocycles. The lowest BCUT2D eigenvalue weighted by atomic mass is 9.97. The van der Waals surface area contributed by atoms with Crippen LogP contribution in [-0.4, -0.2) is 93.6 Å². The van der Waals surface area contributed by atoms with E-state index in [0.717, 1.165) is 94.7 Å². The highest BCUT2D eigenvalue weighted by atomic mass is 16.6. The molecule has 0 fully saturated rings. The standard InChI is InChI=1S/2C32H34N6O4/c1-5-6-14-27-33-26-13-9-12-25(30(39)40)28(26)37(27)19-21-15-17-22(18-16-21)23-10-7-8-11-24(23)29-34-35-36-38(29)20-42-31(41)32(2,3)4;1-5-6-14-27-33-26-13-9-12-25(30(39)40)28(26)37(27)19-21-15-17-22(18-16-21)23-10-7-8-11-24(23)29-34-36-38(35-29)20-42-31(41)32(2,3)4/h2*7-13,15-18H,5-6,14,19-20H2,1-4H3,(H,39,40). The average Bonchev–Trinajstić information content (AvgIpc) is 3.20. The summed E-state index contributed by atoms with van der Waals surface area (Å²) in [5.74, 6) is 0.0661. The molecular formula is C64H68N12O8.